The molecule has 2 aromatic heterocycles. The zero-order valence-corrected chi connectivity index (χ0v) is 22.3. The molecular formula is C28H36N4O2S. The molecular weight excluding hydrogens is 456 g/mol. The minimum absolute atomic E-state index is 0.0915. The average molecular weight is 493 g/mol. The van der Waals surface area contributed by atoms with Crippen LogP contribution in [0.2, 0.25) is 0 Å². The van der Waals surface area contributed by atoms with E-state index in [1.807, 2.05) is 23.6 Å². The lowest BCUT2D eigenvalue weighted by Crippen LogP contribution is -2.17. The second-order valence-electron chi connectivity index (χ2n) is 10.3. The molecule has 1 aliphatic rings. The van der Waals surface area contributed by atoms with Crippen LogP contribution in [0.3, 0.4) is 0 Å². The van der Waals surface area contributed by atoms with Crippen LogP contribution < -0.4 is 0 Å². The molecule has 1 aromatic carbocycles. The van der Waals surface area contributed by atoms with Crippen LogP contribution in [-0.2, 0) is 23.2 Å². The largest absolute Gasteiger partial charge is 0.376 e. The van der Waals surface area contributed by atoms with Gasteiger partial charge in [-0.25, -0.2) is 0 Å². The first-order chi connectivity index (χ1) is 16.7. The number of hydrogen-bond donors (Lipinski definition) is 0. The summed E-state index contributed by atoms with van der Waals surface area (Å²) in [6.45, 7) is 16.8. The van der Waals surface area contributed by atoms with Gasteiger partial charge in [-0.1, -0.05) is 62.9 Å². The third-order valence-corrected chi connectivity index (χ3v) is 7.62. The van der Waals surface area contributed by atoms with Crippen LogP contribution in [-0.4, -0.2) is 43.6 Å². The Balaban J connectivity index is 1.49. The minimum Gasteiger partial charge on any atom is -0.376 e. The van der Waals surface area contributed by atoms with Gasteiger partial charge in [0.15, 0.2) is 16.8 Å². The maximum atomic E-state index is 13.2. The van der Waals surface area contributed by atoms with E-state index in [0.29, 0.717) is 12.3 Å². The fourth-order valence-corrected chi connectivity index (χ4v) is 5.42. The molecule has 1 unspecified atom stereocenters. The molecule has 0 bridgehead atoms. The molecule has 35 heavy (non-hydrogen) atoms. The summed E-state index contributed by atoms with van der Waals surface area (Å²) in [6.07, 6.45) is 4.27. The number of Topliss-reactive ketones (excluding diaryl/α,β-unsaturated/α-hetero) is 1. The van der Waals surface area contributed by atoms with Crippen molar-refractivity contribution in [1.29, 1.82) is 0 Å². The van der Waals surface area contributed by atoms with E-state index in [0.717, 1.165) is 59.5 Å². The molecule has 0 spiro atoms. The fourth-order valence-electron chi connectivity index (χ4n) is 4.59. The van der Waals surface area contributed by atoms with Gasteiger partial charge < -0.3 is 9.30 Å². The molecule has 1 aliphatic heterocycles. The van der Waals surface area contributed by atoms with Gasteiger partial charge in [-0.2, -0.15) is 0 Å². The lowest BCUT2D eigenvalue weighted by atomic mass is 9.87. The SMILES string of the molecule is C=CCn1c(SCC(=O)c2cc(C)n(CC3CCCO3)c2C)nnc1-c1ccc(C(C)(C)C)cc1. The highest BCUT2D eigenvalue weighted by atomic mass is 32.2. The Kier molecular flexibility index (Phi) is 7.67. The molecule has 1 saturated heterocycles. The number of hydrogen-bond acceptors (Lipinski definition) is 5. The monoisotopic (exact) mass is 492 g/mol. The molecule has 0 amide bonds. The van der Waals surface area contributed by atoms with Crippen LogP contribution in [0.5, 0.6) is 0 Å². The van der Waals surface area contributed by atoms with E-state index < -0.39 is 0 Å². The number of rotatable bonds is 9. The maximum absolute atomic E-state index is 13.2. The van der Waals surface area contributed by atoms with Crippen molar-refractivity contribution >= 4 is 17.5 Å². The van der Waals surface area contributed by atoms with Gasteiger partial charge in [0.1, 0.15) is 0 Å². The van der Waals surface area contributed by atoms with Crippen LogP contribution in [0.15, 0.2) is 48.1 Å². The Morgan fingerprint density at radius 1 is 1.20 bits per heavy atom. The molecule has 3 aromatic rings. The molecule has 6 nitrogen and oxygen atoms in total. The molecule has 1 fully saturated rings. The first-order valence-corrected chi connectivity index (χ1v) is 13.3. The molecule has 0 N–H and O–H groups in total. The van der Waals surface area contributed by atoms with Gasteiger partial charge in [0, 0.05) is 42.2 Å². The molecule has 0 aliphatic carbocycles. The van der Waals surface area contributed by atoms with Crippen molar-refractivity contribution in [3.05, 3.63) is 65.5 Å². The number of aromatic nitrogens is 4. The number of ether oxygens (including phenoxy) is 1. The van der Waals surface area contributed by atoms with E-state index in [2.05, 4.69) is 73.3 Å². The molecule has 0 saturated carbocycles. The maximum Gasteiger partial charge on any atom is 0.192 e. The van der Waals surface area contributed by atoms with Crippen LogP contribution in [0.4, 0.5) is 0 Å². The Morgan fingerprint density at radius 3 is 2.57 bits per heavy atom. The van der Waals surface area contributed by atoms with Crippen LogP contribution in [0, 0.1) is 13.8 Å². The van der Waals surface area contributed by atoms with Gasteiger partial charge in [-0.15, -0.1) is 16.8 Å². The van der Waals surface area contributed by atoms with Gasteiger partial charge in [-0.05, 0) is 43.7 Å². The van der Waals surface area contributed by atoms with Gasteiger partial charge in [0.2, 0.25) is 0 Å². The van der Waals surface area contributed by atoms with E-state index in [-0.39, 0.29) is 17.3 Å². The van der Waals surface area contributed by atoms with Gasteiger partial charge in [-0.3, -0.25) is 9.36 Å². The summed E-state index contributed by atoms with van der Waals surface area (Å²) in [4.78, 5) is 13.2. The normalized spacial score (nSPS) is 16.1. The number of allylic oxidation sites excluding steroid dienone is 1. The minimum atomic E-state index is 0.0915. The van der Waals surface area contributed by atoms with E-state index in [1.165, 1.54) is 17.3 Å². The van der Waals surface area contributed by atoms with Crippen molar-refractivity contribution in [2.24, 2.45) is 0 Å². The highest BCUT2D eigenvalue weighted by molar-refractivity contribution is 7.99. The van der Waals surface area contributed by atoms with Crippen molar-refractivity contribution in [3.63, 3.8) is 0 Å². The van der Waals surface area contributed by atoms with Gasteiger partial charge in [0.25, 0.3) is 0 Å². The number of thioether (sulfide) groups is 1. The summed E-state index contributed by atoms with van der Waals surface area (Å²) in [5, 5.41) is 9.59. The zero-order chi connectivity index (χ0) is 25.2. The summed E-state index contributed by atoms with van der Waals surface area (Å²) < 4.78 is 10.0. The number of benzene rings is 1. The second kappa shape index (κ2) is 10.5. The lowest BCUT2D eigenvalue weighted by molar-refractivity contribution is 0.0957. The van der Waals surface area contributed by atoms with Crippen molar-refractivity contribution in [3.8, 4) is 11.4 Å². The topological polar surface area (TPSA) is 61.9 Å². The van der Waals surface area contributed by atoms with Crippen molar-refractivity contribution in [2.75, 3.05) is 12.4 Å². The van der Waals surface area contributed by atoms with Crippen molar-refractivity contribution in [2.45, 2.75) is 77.2 Å². The lowest BCUT2D eigenvalue weighted by Gasteiger charge is -2.19. The molecule has 186 valence electrons. The highest BCUT2D eigenvalue weighted by Gasteiger charge is 2.22. The predicted octanol–water partition coefficient (Wildman–Crippen LogP) is 6.00. The Labute approximate surface area is 212 Å². The number of carbonyl (C=O) groups is 1. The Hall–Kier alpha value is -2.64. The number of carbonyl (C=O) groups excluding carboxylic acids is 1. The first kappa shape index (κ1) is 25.5. The summed E-state index contributed by atoms with van der Waals surface area (Å²) in [7, 11) is 0. The molecule has 0 radical (unpaired) electrons. The Bertz CT molecular complexity index is 1200. The van der Waals surface area contributed by atoms with Crippen LogP contribution in [0.25, 0.3) is 11.4 Å². The molecule has 4 rings (SSSR count). The van der Waals surface area contributed by atoms with Gasteiger partial charge >= 0.3 is 0 Å². The van der Waals surface area contributed by atoms with E-state index in [1.54, 1.807) is 0 Å². The number of nitrogens with zero attached hydrogens (tertiary/aromatic N) is 4. The highest BCUT2D eigenvalue weighted by Crippen LogP contribution is 2.29. The molecule has 7 heteroatoms. The van der Waals surface area contributed by atoms with Crippen LogP contribution >= 0.6 is 11.8 Å². The zero-order valence-electron chi connectivity index (χ0n) is 21.5. The van der Waals surface area contributed by atoms with Crippen molar-refractivity contribution < 1.29 is 9.53 Å². The van der Waals surface area contributed by atoms with Gasteiger partial charge in [0.05, 0.1) is 11.9 Å². The summed E-state index contributed by atoms with van der Waals surface area (Å²) in [6, 6.07) is 10.5. The van der Waals surface area contributed by atoms with Crippen molar-refractivity contribution in [1.82, 2.24) is 19.3 Å². The fraction of sp³-hybridized carbons (Fsp3) is 0.464. The van der Waals surface area contributed by atoms with Crippen LogP contribution in [0.1, 0.15) is 60.9 Å². The smallest absolute Gasteiger partial charge is 0.192 e. The van der Waals surface area contributed by atoms with E-state index >= 15 is 0 Å². The van der Waals surface area contributed by atoms with E-state index in [9.17, 15) is 4.79 Å². The summed E-state index contributed by atoms with van der Waals surface area (Å²) in [5.41, 5.74) is 5.25. The van der Waals surface area contributed by atoms with E-state index in [4.69, 9.17) is 4.74 Å². The summed E-state index contributed by atoms with van der Waals surface area (Å²) in [5.74, 6) is 1.20. The molecule has 1 atom stereocenters. The summed E-state index contributed by atoms with van der Waals surface area (Å²) >= 11 is 1.43. The second-order valence-corrected chi connectivity index (χ2v) is 11.2. The Morgan fingerprint density at radius 2 is 1.94 bits per heavy atom. The number of ketones is 1. The third-order valence-electron chi connectivity index (χ3n) is 6.65. The third kappa shape index (κ3) is 5.62. The predicted molar refractivity (Wildman–Crippen MR) is 142 cm³/mol. The standard InChI is InChI=1S/C28H36N4O2S/c1-7-14-31-26(21-10-12-22(13-11-21)28(4,5)6)29-30-27(31)35-18-25(33)24-16-19(2)32(20(24)3)17-23-9-8-15-34-23/h7,10-13,16,23H,1,8-9,14-15,17-18H2,2-6H3. The first-order valence-electron chi connectivity index (χ1n) is 12.3. The molecule has 3 heterocycles. The average Bonchev–Trinajstić information content (AvgIpc) is 3.54. The number of aryl methyl sites for hydroxylation is 1. The quantitative estimate of drug-likeness (QED) is 0.208.